The molecule has 0 fully saturated rings. The van der Waals surface area contributed by atoms with E-state index in [9.17, 15) is 36.5 Å². The van der Waals surface area contributed by atoms with Crippen LogP contribution in [0.15, 0.2) is 35.2 Å². The molecule has 1 N–H and O–H groups in total. The van der Waals surface area contributed by atoms with E-state index >= 15 is 0 Å². The number of carbonyl (C=O) groups is 2. The summed E-state index contributed by atoms with van der Waals surface area (Å²) in [7, 11) is -7.19. The van der Waals surface area contributed by atoms with Crippen molar-refractivity contribution in [1.29, 1.82) is 0 Å². The molecular formula is C17H18N2O9S3. The van der Waals surface area contributed by atoms with Gasteiger partial charge < -0.3 is 4.74 Å². The molecule has 0 saturated carbocycles. The van der Waals surface area contributed by atoms with Gasteiger partial charge in [0.1, 0.15) is 4.90 Å². The van der Waals surface area contributed by atoms with Crippen LogP contribution in [0.2, 0.25) is 0 Å². The van der Waals surface area contributed by atoms with Gasteiger partial charge in [0.15, 0.2) is 16.4 Å². The summed E-state index contributed by atoms with van der Waals surface area (Å²) >= 11 is 1.12. The quantitative estimate of drug-likeness (QED) is 0.223. The van der Waals surface area contributed by atoms with E-state index in [2.05, 4.69) is 4.72 Å². The number of hydrogen-bond acceptors (Lipinski definition) is 10. The number of sulfonamides is 1. The zero-order valence-corrected chi connectivity index (χ0v) is 18.8. The van der Waals surface area contributed by atoms with Crippen molar-refractivity contribution in [3.63, 3.8) is 0 Å². The number of Topliss-reactive ketones (excluding diaryl/α,β-unsaturated/α-hetero) is 1. The molecule has 1 aromatic heterocycles. The van der Waals surface area contributed by atoms with Gasteiger partial charge in [-0.25, -0.2) is 26.4 Å². The number of ether oxygens (including phenoxy) is 1. The van der Waals surface area contributed by atoms with Crippen LogP contribution >= 0.6 is 11.3 Å². The van der Waals surface area contributed by atoms with Gasteiger partial charge in [0.25, 0.3) is 5.69 Å². The van der Waals surface area contributed by atoms with Crippen LogP contribution < -0.4 is 4.72 Å². The lowest BCUT2D eigenvalue weighted by Gasteiger charge is -2.05. The van der Waals surface area contributed by atoms with Crippen LogP contribution in [-0.4, -0.2) is 59.2 Å². The number of hydrogen-bond donors (Lipinski definition) is 1. The lowest BCUT2D eigenvalue weighted by Crippen LogP contribution is -2.24. The number of sulfone groups is 1. The van der Waals surface area contributed by atoms with Gasteiger partial charge in [0.2, 0.25) is 15.8 Å². The number of ketones is 1. The largest absolute Gasteiger partial charge is 0.454 e. The number of nitrogens with zero attached hydrogens (tertiary/aromatic N) is 1. The summed E-state index contributed by atoms with van der Waals surface area (Å²) in [6, 6.07) is 5.94. The highest BCUT2D eigenvalue weighted by Gasteiger charge is 2.25. The lowest BCUT2D eigenvalue weighted by atomic mass is 10.2. The maximum absolute atomic E-state index is 12.2. The van der Waals surface area contributed by atoms with Crippen LogP contribution in [0.3, 0.4) is 0 Å². The van der Waals surface area contributed by atoms with Gasteiger partial charge in [-0.1, -0.05) is 0 Å². The Morgan fingerprint density at radius 3 is 2.39 bits per heavy atom. The smallest absolute Gasteiger partial charge is 0.338 e. The Balaban J connectivity index is 2.02. The number of thiophene rings is 1. The second kappa shape index (κ2) is 9.64. The summed E-state index contributed by atoms with van der Waals surface area (Å²) in [6.45, 7) is -0.452. The van der Waals surface area contributed by atoms with Crippen molar-refractivity contribution >= 4 is 48.6 Å². The number of benzene rings is 1. The molecule has 0 atom stereocenters. The molecule has 2 rings (SSSR count). The number of nitro groups is 1. The summed E-state index contributed by atoms with van der Waals surface area (Å²) in [5.41, 5.74) is -1.04. The number of nitro benzene ring substituents is 1. The van der Waals surface area contributed by atoms with E-state index in [1.165, 1.54) is 6.07 Å². The molecule has 0 amide bonds. The minimum atomic E-state index is -3.88. The Kier molecular flexibility index (Phi) is 7.64. The van der Waals surface area contributed by atoms with Crippen LogP contribution in [-0.2, 0) is 31.0 Å². The Hall–Kier alpha value is -2.68. The standard InChI is InChI=1S/C17H18N2O9S3/c1-30(24,25)16-6-3-11(9-13(16)19(22)23)17(21)28-10-14(20)15-5-4-12(29-15)7-8-18-31(2,26)27/h3-6,9,18H,7-8,10H2,1-2H3. The first-order valence-electron chi connectivity index (χ1n) is 8.50. The molecule has 0 unspecified atom stereocenters. The zero-order chi connectivity index (χ0) is 23.4. The zero-order valence-electron chi connectivity index (χ0n) is 16.4. The Labute approximate surface area is 182 Å². The maximum atomic E-state index is 12.2. The summed E-state index contributed by atoms with van der Waals surface area (Å²) in [5, 5.41) is 11.1. The number of rotatable bonds is 10. The Morgan fingerprint density at radius 1 is 1.13 bits per heavy atom. The van der Waals surface area contributed by atoms with Crippen molar-refractivity contribution < 1.29 is 36.1 Å². The second-order valence-electron chi connectivity index (χ2n) is 6.39. The second-order valence-corrected chi connectivity index (χ2v) is 11.4. The van der Waals surface area contributed by atoms with E-state index in [1.807, 2.05) is 0 Å². The summed E-state index contributed by atoms with van der Waals surface area (Å²) in [5.74, 6) is -1.53. The van der Waals surface area contributed by atoms with Gasteiger partial charge in [-0.15, -0.1) is 11.3 Å². The number of nitrogens with one attached hydrogen (secondary N) is 1. The first kappa shape index (κ1) is 24.6. The fourth-order valence-corrected chi connectivity index (χ4v) is 4.64. The van der Waals surface area contributed by atoms with Crippen molar-refractivity contribution in [1.82, 2.24) is 4.72 Å². The van der Waals surface area contributed by atoms with Gasteiger partial charge in [-0.2, -0.15) is 0 Å². The molecule has 168 valence electrons. The average molecular weight is 491 g/mol. The van der Waals surface area contributed by atoms with E-state index in [0.717, 1.165) is 46.9 Å². The van der Waals surface area contributed by atoms with E-state index in [1.54, 1.807) is 6.07 Å². The van der Waals surface area contributed by atoms with Crippen LogP contribution in [0.4, 0.5) is 5.69 Å². The third-order valence-corrected chi connectivity index (χ3v) is 6.86. The Bertz CT molecular complexity index is 1230. The van der Waals surface area contributed by atoms with Crippen LogP contribution in [0.25, 0.3) is 0 Å². The third-order valence-electron chi connectivity index (χ3n) is 3.80. The highest BCUT2D eigenvalue weighted by atomic mass is 32.2. The highest BCUT2D eigenvalue weighted by Crippen LogP contribution is 2.25. The van der Waals surface area contributed by atoms with Crippen molar-refractivity contribution in [2.24, 2.45) is 0 Å². The molecule has 2 aromatic rings. The molecular weight excluding hydrogens is 472 g/mol. The number of carbonyl (C=O) groups excluding carboxylic acids is 2. The van der Waals surface area contributed by atoms with Gasteiger partial charge in [0, 0.05) is 23.7 Å². The fraction of sp³-hybridized carbons (Fsp3) is 0.294. The summed E-state index contributed by atoms with van der Waals surface area (Å²) < 4.78 is 52.6. The normalized spacial score (nSPS) is 11.8. The van der Waals surface area contributed by atoms with Crippen molar-refractivity contribution in [2.45, 2.75) is 11.3 Å². The van der Waals surface area contributed by atoms with Gasteiger partial charge in [0.05, 0.1) is 21.6 Å². The van der Waals surface area contributed by atoms with E-state index in [0.29, 0.717) is 11.3 Å². The van der Waals surface area contributed by atoms with Crippen LogP contribution in [0.1, 0.15) is 24.9 Å². The lowest BCUT2D eigenvalue weighted by molar-refractivity contribution is -0.387. The van der Waals surface area contributed by atoms with E-state index in [-0.39, 0.29) is 12.1 Å². The summed E-state index contributed by atoms with van der Waals surface area (Å²) in [4.78, 5) is 35.1. The minimum Gasteiger partial charge on any atom is -0.454 e. The van der Waals surface area contributed by atoms with E-state index < -0.39 is 53.7 Å². The first-order valence-corrected chi connectivity index (χ1v) is 13.1. The third kappa shape index (κ3) is 7.20. The summed E-state index contributed by atoms with van der Waals surface area (Å²) in [6.07, 6.45) is 2.22. The van der Waals surface area contributed by atoms with Crippen LogP contribution in [0, 0.1) is 10.1 Å². The first-order chi connectivity index (χ1) is 14.3. The molecule has 0 spiro atoms. The van der Waals surface area contributed by atoms with Gasteiger partial charge in [-0.3, -0.25) is 14.9 Å². The molecule has 11 nitrogen and oxygen atoms in total. The van der Waals surface area contributed by atoms with Gasteiger partial charge in [-0.05, 0) is 30.7 Å². The van der Waals surface area contributed by atoms with Crippen LogP contribution in [0.5, 0.6) is 0 Å². The molecule has 0 aliphatic carbocycles. The molecule has 0 saturated heterocycles. The predicted octanol–water partition coefficient (Wildman–Crippen LogP) is 1.19. The molecule has 14 heteroatoms. The van der Waals surface area contributed by atoms with E-state index in [4.69, 9.17) is 4.74 Å². The fourth-order valence-electron chi connectivity index (χ4n) is 2.41. The number of esters is 1. The topological polar surface area (TPSA) is 167 Å². The minimum absolute atomic E-state index is 0.171. The maximum Gasteiger partial charge on any atom is 0.338 e. The van der Waals surface area contributed by atoms with Crippen molar-refractivity contribution in [2.75, 3.05) is 25.7 Å². The highest BCUT2D eigenvalue weighted by molar-refractivity contribution is 7.90. The SMILES string of the molecule is CS(=O)(=O)NCCc1ccc(C(=O)COC(=O)c2ccc(S(C)(=O)=O)c([N+](=O)[O-])c2)s1. The Morgan fingerprint density at radius 2 is 1.81 bits per heavy atom. The monoisotopic (exact) mass is 490 g/mol. The predicted molar refractivity (Wildman–Crippen MR) is 112 cm³/mol. The molecule has 1 aromatic carbocycles. The molecule has 31 heavy (non-hydrogen) atoms. The van der Waals surface area contributed by atoms with Crippen molar-refractivity contribution in [3.8, 4) is 0 Å². The molecule has 0 radical (unpaired) electrons. The molecule has 0 bridgehead atoms. The van der Waals surface area contributed by atoms with Gasteiger partial charge >= 0.3 is 5.97 Å². The molecule has 0 aliphatic rings. The molecule has 0 aliphatic heterocycles. The van der Waals surface area contributed by atoms with Crippen molar-refractivity contribution in [3.05, 3.63) is 55.8 Å². The average Bonchev–Trinajstić information content (AvgIpc) is 3.12. The molecule has 1 heterocycles.